The first kappa shape index (κ1) is 16.0. The van der Waals surface area contributed by atoms with E-state index in [-0.39, 0.29) is 0 Å². The molecule has 0 aromatic heterocycles. The molecule has 0 aliphatic rings. The zero-order chi connectivity index (χ0) is 13.3. The molecule has 0 fully saturated rings. The van der Waals surface area contributed by atoms with Crippen molar-refractivity contribution in [3.63, 3.8) is 0 Å². The van der Waals surface area contributed by atoms with Crippen molar-refractivity contribution in [2.75, 3.05) is 18.5 Å². The number of para-hydroxylation sites is 1. The summed E-state index contributed by atoms with van der Waals surface area (Å²) in [5.41, 5.74) is 2.87. The van der Waals surface area contributed by atoms with Crippen LogP contribution in [0.15, 0.2) is 24.3 Å². The van der Waals surface area contributed by atoms with Gasteiger partial charge >= 0.3 is 0 Å². The van der Waals surface area contributed by atoms with E-state index in [4.69, 9.17) is 0 Å². The Morgan fingerprint density at radius 1 is 1.12 bits per heavy atom. The van der Waals surface area contributed by atoms with Gasteiger partial charge in [0.2, 0.25) is 0 Å². The second-order valence-electron chi connectivity index (χ2n) is 4.65. The van der Waals surface area contributed by atoms with Gasteiger partial charge in [0, 0.05) is 19.3 Å². The van der Waals surface area contributed by atoms with Gasteiger partial charge in [0.1, 0.15) is 0 Å². The molecule has 0 aliphatic carbocycles. The second-order valence-corrected chi connectivity index (χ2v) is 4.65. The monoisotopic (exact) mass is 235 g/mol. The normalized spacial score (nSPS) is 9.82. The Morgan fingerprint density at radius 3 is 2.24 bits per heavy atom. The SMILES string of the molecule is CC.CCCN(C)c1ccccc1CC(C)C. The van der Waals surface area contributed by atoms with E-state index in [2.05, 4.69) is 57.0 Å². The van der Waals surface area contributed by atoms with Gasteiger partial charge in [0.15, 0.2) is 0 Å². The van der Waals surface area contributed by atoms with Crippen LogP contribution in [0.3, 0.4) is 0 Å². The summed E-state index contributed by atoms with van der Waals surface area (Å²) in [5.74, 6) is 0.723. The van der Waals surface area contributed by atoms with Gasteiger partial charge in [-0.25, -0.2) is 0 Å². The molecular formula is C16H29N. The summed E-state index contributed by atoms with van der Waals surface area (Å²) in [6, 6.07) is 8.75. The van der Waals surface area contributed by atoms with E-state index in [1.807, 2.05) is 13.8 Å². The molecule has 0 radical (unpaired) electrons. The van der Waals surface area contributed by atoms with E-state index in [0.717, 1.165) is 12.5 Å². The van der Waals surface area contributed by atoms with Crippen molar-refractivity contribution >= 4 is 5.69 Å². The largest absolute Gasteiger partial charge is 0.374 e. The molecule has 0 aliphatic heterocycles. The first-order valence-electron chi connectivity index (χ1n) is 6.94. The Bertz CT molecular complexity index is 291. The van der Waals surface area contributed by atoms with Crippen molar-refractivity contribution in [2.24, 2.45) is 5.92 Å². The number of hydrogen-bond acceptors (Lipinski definition) is 1. The Hall–Kier alpha value is -0.980. The van der Waals surface area contributed by atoms with Gasteiger partial charge in [0.25, 0.3) is 0 Å². The summed E-state index contributed by atoms with van der Waals surface area (Å²) in [6.45, 7) is 11.9. The zero-order valence-electron chi connectivity index (χ0n) is 12.5. The molecule has 17 heavy (non-hydrogen) atoms. The Morgan fingerprint density at radius 2 is 1.71 bits per heavy atom. The van der Waals surface area contributed by atoms with Crippen molar-refractivity contribution in [3.05, 3.63) is 29.8 Å². The highest BCUT2D eigenvalue weighted by molar-refractivity contribution is 5.53. The van der Waals surface area contributed by atoms with Gasteiger partial charge in [-0.1, -0.05) is 52.8 Å². The zero-order valence-corrected chi connectivity index (χ0v) is 12.5. The molecule has 0 atom stereocenters. The van der Waals surface area contributed by atoms with Crippen LogP contribution < -0.4 is 4.90 Å². The van der Waals surface area contributed by atoms with Crippen LogP contribution in [-0.2, 0) is 6.42 Å². The maximum Gasteiger partial charge on any atom is 0.0396 e. The smallest absolute Gasteiger partial charge is 0.0396 e. The van der Waals surface area contributed by atoms with Crippen LogP contribution in [-0.4, -0.2) is 13.6 Å². The van der Waals surface area contributed by atoms with Crippen LogP contribution >= 0.6 is 0 Å². The highest BCUT2D eigenvalue weighted by atomic mass is 15.1. The van der Waals surface area contributed by atoms with E-state index in [1.54, 1.807) is 0 Å². The molecule has 0 heterocycles. The average molecular weight is 235 g/mol. The first-order chi connectivity index (χ1) is 8.15. The Kier molecular flexibility index (Phi) is 8.57. The lowest BCUT2D eigenvalue weighted by Crippen LogP contribution is -2.19. The fourth-order valence-electron chi connectivity index (χ4n) is 1.95. The van der Waals surface area contributed by atoms with Crippen LogP contribution in [0.25, 0.3) is 0 Å². The molecule has 1 aromatic carbocycles. The number of hydrogen-bond donors (Lipinski definition) is 0. The number of anilines is 1. The molecule has 0 unspecified atom stereocenters. The third kappa shape index (κ3) is 5.76. The van der Waals surface area contributed by atoms with Crippen molar-refractivity contribution in [3.8, 4) is 0 Å². The standard InChI is InChI=1S/C14H23N.C2H6/c1-5-10-15(4)14-9-7-6-8-13(14)11-12(2)3;1-2/h6-9,12H,5,10-11H2,1-4H3;1-2H3. The first-order valence-corrected chi connectivity index (χ1v) is 6.94. The number of nitrogens with zero attached hydrogens (tertiary/aromatic N) is 1. The van der Waals surface area contributed by atoms with Crippen molar-refractivity contribution in [2.45, 2.75) is 47.5 Å². The van der Waals surface area contributed by atoms with Crippen molar-refractivity contribution in [1.82, 2.24) is 0 Å². The van der Waals surface area contributed by atoms with Crippen molar-refractivity contribution in [1.29, 1.82) is 0 Å². The lowest BCUT2D eigenvalue weighted by molar-refractivity contribution is 0.645. The summed E-state index contributed by atoms with van der Waals surface area (Å²) < 4.78 is 0. The van der Waals surface area contributed by atoms with E-state index in [0.29, 0.717) is 0 Å². The minimum absolute atomic E-state index is 0.723. The summed E-state index contributed by atoms with van der Waals surface area (Å²) in [4.78, 5) is 2.36. The van der Waals surface area contributed by atoms with Crippen LogP contribution in [0.4, 0.5) is 5.69 Å². The highest BCUT2D eigenvalue weighted by Gasteiger charge is 2.07. The van der Waals surface area contributed by atoms with Crippen LogP contribution in [0, 0.1) is 5.92 Å². The lowest BCUT2D eigenvalue weighted by atomic mass is 10.0. The molecule has 0 bridgehead atoms. The summed E-state index contributed by atoms with van der Waals surface area (Å²) >= 11 is 0. The molecule has 98 valence electrons. The predicted molar refractivity (Wildman–Crippen MR) is 79.9 cm³/mol. The Labute approximate surface area is 108 Å². The average Bonchev–Trinajstić information content (AvgIpc) is 2.32. The number of rotatable bonds is 5. The fourth-order valence-corrected chi connectivity index (χ4v) is 1.95. The Balaban J connectivity index is 0.00000121. The van der Waals surface area contributed by atoms with E-state index in [1.165, 1.54) is 24.1 Å². The van der Waals surface area contributed by atoms with Gasteiger partial charge in [-0.05, 0) is 30.4 Å². The molecule has 1 heteroatoms. The second kappa shape index (κ2) is 9.09. The van der Waals surface area contributed by atoms with E-state index >= 15 is 0 Å². The summed E-state index contributed by atoms with van der Waals surface area (Å²) in [5, 5.41) is 0. The predicted octanol–water partition coefficient (Wildman–Crippen LogP) is 4.76. The van der Waals surface area contributed by atoms with Crippen LogP contribution in [0.1, 0.15) is 46.6 Å². The third-order valence-electron chi connectivity index (χ3n) is 2.59. The highest BCUT2D eigenvalue weighted by Crippen LogP contribution is 2.22. The van der Waals surface area contributed by atoms with Crippen LogP contribution in [0.2, 0.25) is 0 Å². The van der Waals surface area contributed by atoms with Gasteiger partial charge in [-0.2, -0.15) is 0 Å². The topological polar surface area (TPSA) is 3.24 Å². The maximum atomic E-state index is 2.36. The van der Waals surface area contributed by atoms with Gasteiger partial charge in [0.05, 0.1) is 0 Å². The van der Waals surface area contributed by atoms with Gasteiger partial charge in [-0.3, -0.25) is 0 Å². The molecule has 1 aromatic rings. The van der Waals surface area contributed by atoms with Crippen LogP contribution in [0.5, 0.6) is 0 Å². The molecular weight excluding hydrogens is 206 g/mol. The van der Waals surface area contributed by atoms with Gasteiger partial charge in [-0.15, -0.1) is 0 Å². The van der Waals surface area contributed by atoms with E-state index in [9.17, 15) is 0 Å². The molecule has 0 N–H and O–H groups in total. The summed E-state index contributed by atoms with van der Waals surface area (Å²) in [6.07, 6.45) is 2.37. The molecule has 0 spiro atoms. The molecule has 1 rings (SSSR count). The minimum atomic E-state index is 0.723. The maximum absolute atomic E-state index is 2.36. The van der Waals surface area contributed by atoms with Crippen molar-refractivity contribution < 1.29 is 0 Å². The summed E-state index contributed by atoms with van der Waals surface area (Å²) in [7, 11) is 2.18. The molecule has 1 nitrogen and oxygen atoms in total. The molecule has 0 saturated heterocycles. The van der Waals surface area contributed by atoms with Gasteiger partial charge < -0.3 is 4.90 Å². The number of benzene rings is 1. The van der Waals surface area contributed by atoms with E-state index < -0.39 is 0 Å². The fraction of sp³-hybridized carbons (Fsp3) is 0.625. The molecule has 0 amide bonds. The quantitative estimate of drug-likeness (QED) is 0.711. The minimum Gasteiger partial charge on any atom is -0.374 e. The third-order valence-corrected chi connectivity index (χ3v) is 2.59. The lowest BCUT2D eigenvalue weighted by Gasteiger charge is -2.22. The molecule has 0 saturated carbocycles.